The molecule has 0 radical (unpaired) electrons. The van der Waals surface area contributed by atoms with Crippen LogP contribution in [0.3, 0.4) is 0 Å². The van der Waals surface area contributed by atoms with E-state index in [2.05, 4.69) is 16.0 Å². The molecule has 4 heterocycles. The molecule has 0 saturated carbocycles. The number of nitrogens with zero attached hydrogens (tertiary/aromatic N) is 4. The van der Waals surface area contributed by atoms with Gasteiger partial charge in [-0.1, -0.05) is 74.5 Å². The standard InChI is InChI=1S/C78H101Cl2N9O22S/c1-47(2)68(85-65(92)21-26-102-28-30-104-32-34-106-36-37-107-35-33-105-31-29-103-27-22-81)59(91)38-49(10-9-23-83-76(82)99)72(96)84-52-17-15-48(16-18-52)46-108-77(100)86(3)24-25-87(4)78(101)111-61-40-58-67(56-14-8-6-12-54(56)61)51(42-80)44-89(58)74(98)64-20-19-63(112-64)73(97)88-43-50(41-79)66-55-13-7-5-11-53(55)60(39-57(66)88)109-75-71(95)70(94)69(93)62(45-90)110-75/h5-8,11-20,39-40,47,49-51,62,68-71,75,90,93-95H,9-10,21-38,41-46,81H2,1-4H3,(H,84,96)(H,85,92)(H3,82,83,99)/t49-,50-,51-,62?,68+,69+,70+,71?,75-/m1/s1. The zero-order valence-corrected chi connectivity index (χ0v) is 65.5. The number of amides is 8. The largest absolute Gasteiger partial charge is 0.461 e. The number of likely N-dealkylation sites (N-methyl/N-ethyl adjacent to an activating group) is 2. The van der Waals surface area contributed by atoms with Gasteiger partial charge >= 0.3 is 18.2 Å². The number of hydrogen-bond acceptors (Lipinski definition) is 24. The molecular weight excluding hydrogens is 1520 g/mol. The van der Waals surface area contributed by atoms with Crippen LogP contribution in [0.25, 0.3) is 21.5 Å². The first-order valence-corrected chi connectivity index (χ1v) is 39.1. The van der Waals surface area contributed by atoms with Crippen LogP contribution in [0.4, 0.5) is 31.4 Å². The molecule has 3 aliphatic heterocycles. The Hall–Kier alpha value is -8.42. The van der Waals surface area contributed by atoms with Gasteiger partial charge in [-0.2, -0.15) is 0 Å². The van der Waals surface area contributed by atoms with E-state index in [0.29, 0.717) is 117 Å². The van der Waals surface area contributed by atoms with Gasteiger partial charge < -0.3 is 115 Å². The summed E-state index contributed by atoms with van der Waals surface area (Å²) in [5.41, 5.74) is 14.1. The number of halogens is 2. The predicted octanol–water partition coefficient (Wildman–Crippen LogP) is 6.45. The molecule has 0 bridgehead atoms. The van der Waals surface area contributed by atoms with Crippen molar-refractivity contribution >= 4 is 121 Å². The van der Waals surface area contributed by atoms with E-state index in [9.17, 15) is 58.8 Å². The Kier molecular flexibility index (Phi) is 34.2. The first-order chi connectivity index (χ1) is 54.0. The molecule has 610 valence electrons. The SMILES string of the molecule is CC(C)[C@H](NC(=O)CCOCCOCCOCCOCCOCCOCCN)C(=O)C[C@@H](CCCNC(N)=O)C(=O)Nc1ccc(COC(=O)N(C)CCN(C)C(=O)Oc2cc3c(c4ccccc24)[C@H](CCl)CN3C(=O)c2ccc(C(=O)N3C[C@@H](CCl)c4c3cc(O[C@@H]3OC(CO)[C@H](O)[C@H](O)C3O)c3ccccc43)s2)cc1. The van der Waals surface area contributed by atoms with Gasteiger partial charge in [-0.3, -0.25) is 24.0 Å². The van der Waals surface area contributed by atoms with Gasteiger partial charge in [0.1, 0.15) is 42.5 Å². The van der Waals surface area contributed by atoms with Gasteiger partial charge in [0.15, 0.2) is 5.78 Å². The number of anilines is 3. The zero-order valence-electron chi connectivity index (χ0n) is 63.1. The van der Waals surface area contributed by atoms with Crippen molar-refractivity contribution in [1.29, 1.82) is 0 Å². The van der Waals surface area contributed by atoms with Crippen LogP contribution in [-0.4, -0.2) is 266 Å². The third-order valence-electron chi connectivity index (χ3n) is 19.2. The molecule has 3 aliphatic rings. The lowest BCUT2D eigenvalue weighted by Crippen LogP contribution is -2.60. The molecule has 0 aliphatic carbocycles. The number of Topliss-reactive ketones (excluding diaryl/α,β-unsaturated/α-hetero) is 1. The van der Waals surface area contributed by atoms with Crippen LogP contribution in [0.1, 0.15) is 87.4 Å². The van der Waals surface area contributed by atoms with Crippen LogP contribution in [0.2, 0.25) is 0 Å². The zero-order chi connectivity index (χ0) is 80.4. The highest BCUT2D eigenvalue weighted by Crippen LogP contribution is 2.49. The molecule has 8 amide bonds. The van der Waals surface area contributed by atoms with E-state index in [1.165, 1.54) is 23.9 Å². The molecule has 9 rings (SSSR count). The summed E-state index contributed by atoms with van der Waals surface area (Å²) < 4.78 is 56.4. The first-order valence-electron chi connectivity index (χ1n) is 37.2. The Morgan fingerprint density at radius 2 is 1.14 bits per heavy atom. The molecule has 11 N–H and O–H groups in total. The lowest BCUT2D eigenvalue weighted by molar-refractivity contribution is -0.277. The van der Waals surface area contributed by atoms with Crippen LogP contribution in [0.15, 0.2) is 97.1 Å². The molecule has 5 aromatic carbocycles. The molecule has 112 heavy (non-hydrogen) atoms. The summed E-state index contributed by atoms with van der Waals surface area (Å²) in [6.45, 7) is 8.27. The van der Waals surface area contributed by atoms with E-state index in [4.69, 9.17) is 82.0 Å². The first kappa shape index (κ1) is 87.5. The maximum Gasteiger partial charge on any atom is 0.415 e. The number of ether oxygens (including phenoxy) is 10. The van der Waals surface area contributed by atoms with Crippen molar-refractivity contribution in [2.24, 2.45) is 23.3 Å². The fraction of sp³-hybridized carbons (Fsp3) is 0.513. The predicted molar refractivity (Wildman–Crippen MR) is 419 cm³/mol. The highest BCUT2D eigenvalue weighted by atomic mass is 35.5. The number of urea groups is 1. The van der Waals surface area contributed by atoms with Crippen LogP contribution < -0.4 is 46.7 Å². The number of carbonyl (C=O) groups excluding carboxylic acids is 8. The van der Waals surface area contributed by atoms with Gasteiger partial charge in [0, 0.05) is 124 Å². The number of carbonyl (C=O) groups is 8. The van der Waals surface area contributed by atoms with Gasteiger partial charge in [0.05, 0.1) is 113 Å². The van der Waals surface area contributed by atoms with Gasteiger partial charge in [-0.05, 0) is 70.5 Å². The van der Waals surface area contributed by atoms with E-state index >= 15 is 0 Å². The third-order valence-corrected chi connectivity index (χ3v) is 21.0. The minimum Gasteiger partial charge on any atom is -0.461 e. The van der Waals surface area contributed by atoms with Crippen molar-refractivity contribution in [3.8, 4) is 11.5 Å². The van der Waals surface area contributed by atoms with Crippen LogP contribution in [-0.2, 0) is 58.9 Å². The summed E-state index contributed by atoms with van der Waals surface area (Å²) in [5.74, 6) is -3.29. The molecule has 1 aromatic heterocycles. The van der Waals surface area contributed by atoms with Gasteiger partial charge in [-0.25, -0.2) is 14.4 Å². The van der Waals surface area contributed by atoms with Crippen LogP contribution in [0.5, 0.6) is 11.5 Å². The second-order valence-electron chi connectivity index (χ2n) is 27.5. The molecule has 31 nitrogen and oxygen atoms in total. The van der Waals surface area contributed by atoms with Crippen LogP contribution in [0, 0.1) is 11.8 Å². The number of aliphatic hydroxyl groups excluding tert-OH is 4. The lowest BCUT2D eigenvalue weighted by atomic mass is 9.89. The number of aliphatic hydroxyl groups is 4. The second-order valence-corrected chi connectivity index (χ2v) is 29.2. The van der Waals surface area contributed by atoms with Crippen molar-refractivity contribution in [3.05, 3.63) is 124 Å². The number of nitrogens with two attached hydrogens (primary N) is 2. The average Bonchev–Trinajstić information content (AvgIpc) is 1.57. The van der Waals surface area contributed by atoms with Gasteiger partial charge in [0.2, 0.25) is 18.1 Å². The van der Waals surface area contributed by atoms with Gasteiger partial charge in [0.25, 0.3) is 11.8 Å². The molecule has 2 unspecified atom stereocenters. The Bertz CT molecular complexity index is 4140. The summed E-state index contributed by atoms with van der Waals surface area (Å²) in [5, 5.41) is 52.6. The minimum atomic E-state index is -1.70. The Balaban J connectivity index is 0.737. The Morgan fingerprint density at radius 3 is 1.65 bits per heavy atom. The quantitative estimate of drug-likeness (QED) is 0.0146. The van der Waals surface area contributed by atoms with E-state index in [1.807, 2.05) is 24.3 Å². The fourth-order valence-corrected chi connectivity index (χ4v) is 14.6. The molecule has 1 fully saturated rings. The minimum absolute atomic E-state index is 0.0140. The van der Waals surface area contributed by atoms with Crippen molar-refractivity contribution in [2.45, 2.75) is 94.7 Å². The summed E-state index contributed by atoms with van der Waals surface area (Å²) in [6.07, 6.45) is -8.92. The molecule has 0 spiro atoms. The number of thiophene rings is 1. The lowest BCUT2D eigenvalue weighted by Gasteiger charge is -2.39. The number of primary amides is 1. The number of nitrogens with one attached hydrogen (secondary N) is 3. The summed E-state index contributed by atoms with van der Waals surface area (Å²) in [6, 6.07) is 25.8. The third kappa shape index (κ3) is 23.6. The normalized spacial score (nSPS) is 18.4. The van der Waals surface area contributed by atoms with Crippen molar-refractivity contribution < 1.29 is 106 Å². The van der Waals surface area contributed by atoms with Crippen molar-refractivity contribution in [1.82, 2.24) is 20.4 Å². The number of benzene rings is 5. The second kappa shape index (κ2) is 43.7. The molecule has 34 heteroatoms. The summed E-state index contributed by atoms with van der Waals surface area (Å²) in [4.78, 5) is 115. The smallest absolute Gasteiger partial charge is 0.415 e. The van der Waals surface area contributed by atoms with E-state index in [1.54, 1.807) is 96.4 Å². The van der Waals surface area contributed by atoms with Crippen molar-refractivity contribution in [2.75, 3.05) is 166 Å². The number of hydrogen-bond donors (Lipinski definition) is 9. The van der Waals surface area contributed by atoms with E-state index in [-0.39, 0.29) is 135 Å². The number of alkyl halides is 2. The maximum atomic E-state index is 14.8. The fourth-order valence-electron chi connectivity index (χ4n) is 13.2. The Labute approximate surface area is 663 Å². The monoisotopic (exact) mass is 1620 g/mol. The topological polar surface area (TPSA) is 411 Å². The molecule has 9 atom stereocenters. The van der Waals surface area contributed by atoms with Crippen LogP contribution >= 0.6 is 34.5 Å². The summed E-state index contributed by atoms with van der Waals surface area (Å²) in [7, 11) is 3.02. The van der Waals surface area contributed by atoms with Crippen molar-refractivity contribution in [3.63, 3.8) is 0 Å². The van der Waals surface area contributed by atoms with E-state index < -0.39 is 91.1 Å². The number of rotatable bonds is 44. The van der Waals surface area contributed by atoms with Gasteiger partial charge in [-0.15, -0.1) is 34.5 Å². The molecule has 1 saturated heterocycles. The Morgan fingerprint density at radius 1 is 0.643 bits per heavy atom. The molecule has 6 aromatic rings. The maximum absolute atomic E-state index is 14.8. The average molecular weight is 1620 g/mol. The molecular formula is C78H101Cl2N9O22S. The number of ketones is 1. The van der Waals surface area contributed by atoms with E-state index in [0.717, 1.165) is 22.5 Å². The number of fused-ring (bicyclic) bond motifs is 6. The highest BCUT2D eigenvalue weighted by Gasteiger charge is 2.46. The highest BCUT2D eigenvalue weighted by molar-refractivity contribution is 7.16. The summed E-state index contributed by atoms with van der Waals surface area (Å²) >= 11 is 14.3.